The highest BCUT2D eigenvalue weighted by atomic mass is 35.5. The van der Waals surface area contributed by atoms with Gasteiger partial charge in [-0.05, 0) is 18.2 Å². The third-order valence-electron chi connectivity index (χ3n) is 2.84. The van der Waals surface area contributed by atoms with E-state index in [9.17, 15) is 9.59 Å². The second-order valence-electron chi connectivity index (χ2n) is 4.38. The average Bonchev–Trinajstić information content (AvgIpc) is 2.44. The van der Waals surface area contributed by atoms with Crippen LogP contribution < -0.4 is 16.6 Å². The number of benzene rings is 1. The lowest BCUT2D eigenvalue weighted by molar-refractivity contribution is -0.116. The number of rotatable bonds is 4. The molecule has 5 nitrogen and oxygen atoms in total. The van der Waals surface area contributed by atoms with E-state index >= 15 is 0 Å². The van der Waals surface area contributed by atoms with Crippen LogP contribution in [0.15, 0.2) is 41.3 Å². The van der Waals surface area contributed by atoms with Crippen LogP contribution in [0.1, 0.15) is 6.42 Å². The first-order chi connectivity index (χ1) is 9.97. The Kier molecular flexibility index (Phi) is 4.88. The van der Waals surface area contributed by atoms with Crippen molar-refractivity contribution in [2.75, 3.05) is 11.1 Å². The Morgan fingerprint density at radius 2 is 1.90 bits per heavy atom. The number of hydrogen-bond donors (Lipinski definition) is 2. The van der Waals surface area contributed by atoms with Gasteiger partial charge >= 0.3 is 0 Å². The molecule has 110 valence electrons. The molecule has 0 atom stereocenters. The first-order valence-corrected chi connectivity index (χ1v) is 6.93. The molecule has 0 fully saturated rings. The van der Waals surface area contributed by atoms with Crippen molar-refractivity contribution in [2.45, 2.75) is 13.0 Å². The second kappa shape index (κ2) is 6.65. The highest BCUT2D eigenvalue weighted by molar-refractivity contribution is 6.39. The summed E-state index contributed by atoms with van der Waals surface area (Å²) in [4.78, 5) is 23.4. The summed E-state index contributed by atoms with van der Waals surface area (Å²) in [5.74, 6) is -0.248. The van der Waals surface area contributed by atoms with Crippen LogP contribution in [0, 0.1) is 0 Å². The van der Waals surface area contributed by atoms with Crippen LogP contribution in [-0.2, 0) is 11.3 Å². The van der Waals surface area contributed by atoms with Gasteiger partial charge in [0.25, 0.3) is 5.56 Å². The van der Waals surface area contributed by atoms with Crippen molar-refractivity contribution >= 4 is 40.5 Å². The van der Waals surface area contributed by atoms with Crippen molar-refractivity contribution < 1.29 is 4.79 Å². The topological polar surface area (TPSA) is 77.1 Å². The van der Waals surface area contributed by atoms with E-state index in [0.29, 0.717) is 12.2 Å². The molecule has 0 unspecified atom stereocenters. The fourth-order valence-electron chi connectivity index (χ4n) is 1.75. The molecule has 0 aliphatic heterocycles. The molecule has 0 saturated heterocycles. The number of aromatic nitrogens is 1. The van der Waals surface area contributed by atoms with E-state index in [2.05, 4.69) is 5.32 Å². The summed E-state index contributed by atoms with van der Waals surface area (Å²) in [5, 5.41) is 3.21. The summed E-state index contributed by atoms with van der Waals surface area (Å²) >= 11 is 11.8. The predicted octanol–water partition coefficient (Wildman–Crippen LogP) is 2.77. The fourth-order valence-corrected chi connectivity index (χ4v) is 2.23. The zero-order valence-corrected chi connectivity index (χ0v) is 12.5. The van der Waals surface area contributed by atoms with Crippen LogP contribution in [0.2, 0.25) is 10.0 Å². The maximum absolute atomic E-state index is 11.9. The Labute approximate surface area is 131 Å². The molecule has 0 saturated carbocycles. The van der Waals surface area contributed by atoms with Gasteiger partial charge in [-0.15, -0.1) is 0 Å². The van der Waals surface area contributed by atoms with Crippen molar-refractivity contribution in [3.63, 3.8) is 0 Å². The van der Waals surface area contributed by atoms with E-state index < -0.39 is 0 Å². The summed E-state index contributed by atoms with van der Waals surface area (Å²) in [6.45, 7) is 0.294. The zero-order chi connectivity index (χ0) is 15.4. The van der Waals surface area contributed by atoms with Gasteiger partial charge in [0, 0.05) is 30.9 Å². The fraction of sp³-hybridized carbons (Fsp3) is 0.143. The average molecular weight is 326 g/mol. The second-order valence-corrected chi connectivity index (χ2v) is 5.20. The van der Waals surface area contributed by atoms with Crippen LogP contribution in [-0.4, -0.2) is 10.5 Å². The maximum Gasteiger partial charge on any atom is 0.250 e. The van der Waals surface area contributed by atoms with Gasteiger partial charge in [-0.2, -0.15) is 0 Å². The molecule has 0 radical (unpaired) electrons. The monoisotopic (exact) mass is 325 g/mol. The van der Waals surface area contributed by atoms with E-state index in [1.165, 1.54) is 22.8 Å². The van der Waals surface area contributed by atoms with Gasteiger partial charge in [0.2, 0.25) is 5.91 Å². The summed E-state index contributed by atoms with van der Waals surface area (Å²) in [7, 11) is 0. The number of amides is 1. The van der Waals surface area contributed by atoms with Gasteiger partial charge in [-0.1, -0.05) is 29.3 Å². The number of nitrogens with two attached hydrogens (primary N) is 1. The maximum atomic E-state index is 11.9. The minimum atomic E-state index is -0.248. The molecule has 1 heterocycles. The van der Waals surface area contributed by atoms with Gasteiger partial charge in [0.15, 0.2) is 0 Å². The van der Waals surface area contributed by atoms with Crippen LogP contribution in [0.3, 0.4) is 0 Å². The van der Waals surface area contributed by atoms with E-state index in [-0.39, 0.29) is 33.6 Å². The predicted molar refractivity (Wildman–Crippen MR) is 84.8 cm³/mol. The lowest BCUT2D eigenvalue weighted by atomic mass is 10.2. The Hall–Kier alpha value is -1.98. The van der Waals surface area contributed by atoms with Crippen LogP contribution >= 0.6 is 23.2 Å². The highest BCUT2D eigenvalue weighted by Gasteiger charge is 2.08. The largest absolute Gasteiger partial charge is 0.396 e. The SMILES string of the molecule is Nc1c(Cl)cc(NC(=O)CCn2ccccc2=O)cc1Cl. The molecule has 1 aromatic heterocycles. The molecule has 0 bridgehead atoms. The van der Waals surface area contributed by atoms with Gasteiger partial charge in [-0.25, -0.2) is 0 Å². The van der Waals surface area contributed by atoms with Gasteiger partial charge in [0.05, 0.1) is 15.7 Å². The summed E-state index contributed by atoms with van der Waals surface area (Å²) in [5.41, 5.74) is 6.20. The summed E-state index contributed by atoms with van der Waals surface area (Å²) in [6, 6.07) is 7.87. The van der Waals surface area contributed by atoms with Crippen LogP contribution in [0.25, 0.3) is 0 Å². The third-order valence-corrected chi connectivity index (χ3v) is 3.47. The molecular formula is C14H13Cl2N3O2. The number of anilines is 2. The lowest BCUT2D eigenvalue weighted by Gasteiger charge is -2.09. The van der Waals surface area contributed by atoms with Crippen LogP contribution in [0.4, 0.5) is 11.4 Å². The van der Waals surface area contributed by atoms with Crippen LogP contribution in [0.5, 0.6) is 0 Å². The van der Waals surface area contributed by atoms with E-state index in [1.807, 2.05) is 0 Å². The molecule has 21 heavy (non-hydrogen) atoms. The Morgan fingerprint density at radius 3 is 2.52 bits per heavy atom. The molecule has 0 spiro atoms. The van der Waals surface area contributed by atoms with Crippen molar-refractivity contribution in [3.05, 3.63) is 56.9 Å². The normalized spacial score (nSPS) is 10.4. The number of nitrogen functional groups attached to an aromatic ring is 1. The molecular weight excluding hydrogens is 313 g/mol. The number of carbonyl (C=O) groups is 1. The standard InChI is InChI=1S/C14H13Cl2N3O2/c15-10-7-9(8-11(16)14(10)17)18-12(20)4-6-19-5-2-1-3-13(19)21/h1-3,5,7-8H,4,6,17H2,(H,18,20). The number of aryl methyl sites for hydroxylation is 1. The van der Waals surface area contributed by atoms with Gasteiger partial charge in [-0.3, -0.25) is 9.59 Å². The van der Waals surface area contributed by atoms with Crippen molar-refractivity contribution in [2.24, 2.45) is 0 Å². The third kappa shape index (κ3) is 4.00. The van der Waals surface area contributed by atoms with E-state index in [4.69, 9.17) is 28.9 Å². The van der Waals surface area contributed by atoms with E-state index in [1.54, 1.807) is 18.3 Å². The first kappa shape index (κ1) is 15.4. The highest BCUT2D eigenvalue weighted by Crippen LogP contribution is 2.31. The van der Waals surface area contributed by atoms with Gasteiger partial charge in [0.1, 0.15) is 0 Å². The molecule has 1 aromatic carbocycles. The number of nitrogens with zero attached hydrogens (tertiary/aromatic N) is 1. The number of pyridine rings is 1. The number of carbonyl (C=O) groups excluding carboxylic acids is 1. The summed E-state index contributed by atoms with van der Waals surface area (Å²) in [6.07, 6.45) is 1.79. The Morgan fingerprint density at radius 1 is 1.24 bits per heavy atom. The molecule has 0 aliphatic carbocycles. The zero-order valence-electron chi connectivity index (χ0n) is 11.0. The number of hydrogen-bond acceptors (Lipinski definition) is 3. The van der Waals surface area contributed by atoms with Crippen molar-refractivity contribution in [3.8, 4) is 0 Å². The molecule has 2 rings (SSSR count). The van der Waals surface area contributed by atoms with Crippen molar-refractivity contribution in [1.29, 1.82) is 0 Å². The van der Waals surface area contributed by atoms with E-state index in [0.717, 1.165) is 0 Å². The number of halogens is 2. The lowest BCUT2D eigenvalue weighted by Crippen LogP contribution is -2.21. The molecule has 1 amide bonds. The Bertz CT molecular complexity index is 705. The smallest absolute Gasteiger partial charge is 0.250 e. The molecule has 2 aromatic rings. The molecule has 3 N–H and O–H groups in total. The molecule has 7 heteroatoms. The minimum Gasteiger partial charge on any atom is -0.396 e. The first-order valence-electron chi connectivity index (χ1n) is 6.17. The summed E-state index contributed by atoms with van der Waals surface area (Å²) < 4.78 is 1.46. The Balaban J connectivity index is 1.99. The quantitative estimate of drug-likeness (QED) is 0.848. The minimum absolute atomic E-state index is 0.149. The number of nitrogens with one attached hydrogen (secondary N) is 1. The van der Waals surface area contributed by atoms with Gasteiger partial charge < -0.3 is 15.6 Å². The van der Waals surface area contributed by atoms with Crippen molar-refractivity contribution in [1.82, 2.24) is 4.57 Å². The molecule has 0 aliphatic rings.